The van der Waals surface area contributed by atoms with E-state index in [2.05, 4.69) is 24.9 Å². The zero-order chi connectivity index (χ0) is 15.7. The smallest absolute Gasteiger partial charge is 0.156 e. The van der Waals surface area contributed by atoms with Gasteiger partial charge in [-0.3, -0.25) is 15.0 Å². The summed E-state index contributed by atoms with van der Waals surface area (Å²) in [5.74, 6) is 0.756. The van der Waals surface area contributed by atoms with E-state index in [0.29, 0.717) is 0 Å². The third kappa shape index (κ3) is 4.07. The fourth-order valence-corrected chi connectivity index (χ4v) is 1.91. The van der Waals surface area contributed by atoms with Gasteiger partial charge < -0.3 is 4.98 Å². The Hall–Kier alpha value is -3.34. The van der Waals surface area contributed by atoms with Gasteiger partial charge in [-0.25, -0.2) is 4.98 Å². The van der Waals surface area contributed by atoms with Crippen LogP contribution >= 0.6 is 0 Å². The summed E-state index contributed by atoms with van der Waals surface area (Å²) in [6.07, 6.45) is 8.84. The molecule has 112 valence electrons. The molecule has 4 heterocycles. The van der Waals surface area contributed by atoms with Crippen molar-refractivity contribution >= 4 is 0 Å². The number of hydrogen-bond acceptors (Lipinski definition) is 4. The Morgan fingerprint density at radius 2 is 1.26 bits per heavy atom. The Labute approximate surface area is 134 Å². The zero-order valence-corrected chi connectivity index (χ0v) is 12.4. The van der Waals surface area contributed by atoms with Crippen LogP contribution in [0.5, 0.6) is 0 Å². The van der Waals surface area contributed by atoms with Crippen LogP contribution in [0.25, 0.3) is 22.9 Å². The third-order valence-corrected chi connectivity index (χ3v) is 2.98. The molecule has 5 nitrogen and oxygen atoms in total. The predicted octanol–water partition coefficient (Wildman–Crippen LogP) is 3.62. The molecule has 0 spiro atoms. The summed E-state index contributed by atoms with van der Waals surface area (Å²) in [4.78, 5) is 19.9. The average Bonchev–Trinajstić information content (AvgIpc) is 3.15. The van der Waals surface area contributed by atoms with Gasteiger partial charge in [-0.2, -0.15) is 0 Å². The first-order valence-corrected chi connectivity index (χ1v) is 7.17. The highest BCUT2D eigenvalue weighted by Crippen LogP contribution is 2.18. The van der Waals surface area contributed by atoms with Crippen LogP contribution in [0, 0.1) is 0 Å². The van der Waals surface area contributed by atoms with Crippen LogP contribution in [-0.2, 0) is 0 Å². The molecule has 0 fully saturated rings. The van der Waals surface area contributed by atoms with Gasteiger partial charge in [0.2, 0.25) is 0 Å². The van der Waals surface area contributed by atoms with Crippen LogP contribution in [0.1, 0.15) is 0 Å². The topological polar surface area (TPSA) is 67.3 Å². The van der Waals surface area contributed by atoms with Crippen LogP contribution in [0.15, 0.2) is 85.6 Å². The minimum atomic E-state index is 0.756. The maximum absolute atomic E-state index is 4.47. The van der Waals surface area contributed by atoms with Crippen LogP contribution in [-0.4, -0.2) is 24.9 Å². The van der Waals surface area contributed by atoms with E-state index in [0.717, 1.165) is 22.9 Å². The van der Waals surface area contributed by atoms with Gasteiger partial charge in [-0.1, -0.05) is 18.2 Å². The van der Waals surface area contributed by atoms with Crippen molar-refractivity contribution in [2.45, 2.75) is 0 Å². The first-order valence-electron chi connectivity index (χ1n) is 7.17. The molecule has 4 aromatic rings. The van der Waals surface area contributed by atoms with Gasteiger partial charge in [0.1, 0.15) is 11.4 Å². The Morgan fingerprint density at radius 1 is 0.609 bits per heavy atom. The summed E-state index contributed by atoms with van der Waals surface area (Å²) in [7, 11) is 0. The highest BCUT2D eigenvalue weighted by molar-refractivity contribution is 5.59. The van der Waals surface area contributed by atoms with Crippen LogP contribution < -0.4 is 0 Å². The molecule has 0 unspecified atom stereocenters. The minimum absolute atomic E-state index is 0.756. The zero-order valence-electron chi connectivity index (χ0n) is 12.4. The van der Waals surface area contributed by atoms with Gasteiger partial charge in [0.05, 0.1) is 5.69 Å². The molecule has 0 amide bonds. The van der Waals surface area contributed by atoms with Gasteiger partial charge in [0.25, 0.3) is 0 Å². The molecule has 4 aromatic heterocycles. The lowest BCUT2D eigenvalue weighted by atomic mass is 10.3. The van der Waals surface area contributed by atoms with Crippen LogP contribution in [0.4, 0.5) is 0 Å². The number of nitrogens with zero attached hydrogens (tertiary/aromatic N) is 4. The van der Waals surface area contributed by atoms with Crippen molar-refractivity contribution < 1.29 is 0 Å². The third-order valence-electron chi connectivity index (χ3n) is 2.98. The van der Waals surface area contributed by atoms with E-state index in [-0.39, 0.29) is 0 Å². The second-order valence-corrected chi connectivity index (χ2v) is 4.59. The van der Waals surface area contributed by atoms with Crippen molar-refractivity contribution in [2.75, 3.05) is 0 Å². The molecule has 0 aliphatic heterocycles. The first-order chi connectivity index (χ1) is 11.4. The summed E-state index contributed by atoms with van der Waals surface area (Å²) in [6.45, 7) is 0. The molecule has 0 aromatic carbocycles. The number of aromatic nitrogens is 5. The monoisotopic (exact) mass is 301 g/mol. The molecule has 0 aliphatic carbocycles. The second kappa shape index (κ2) is 7.61. The van der Waals surface area contributed by atoms with Gasteiger partial charge in [-0.05, 0) is 36.4 Å². The van der Waals surface area contributed by atoms with Crippen molar-refractivity contribution in [1.29, 1.82) is 0 Å². The van der Waals surface area contributed by atoms with Crippen molar-refractivity contribution in [1.82, 2.24) is 24.9 Å². The minimum Gasteiger partial charge on any atom is -0.343 e. The number of H-pyrrole nitrogens is 1. The summed E-state index contributed by atoms with van der Waals surface area (Å²) in [5, 5.41) is 0. The maximum Gasteiger partial charge on any atom is 0.156 e. The summed E-state index contributed by atoms with van der Waals surface area (Å²) in [5.41, 5.74) is 2.51. The Bertz CT molecular complexity index is 733. The van der Waals surface area contributed by atoms with E-state index >= 15 is 0 Å². The molecule has 0 atom stereocenters. The molecule has 1 N–H and O–H groups in total. The van der Waals surface area contributed by atoms with Gasteiger partial charge in [0.15, 0.2) is 5.82 Å². The standard InChI is InChI=1S/C13H10N4.C5H5N/c1-3-7-14-10(5-1)12-9-16-13(17-12)11-6-2-4-8-15-11;1-2-4-6-5-3-1/h1-9H,(H,16,17);1-5H. The Morgan fingerprint density at radius 3 is 1.78 bits per heavy atom. The summed E-state index contributed by atoms with van der Waals surface area (Å²) < 4.78 is 0. The van der Waals surface area contributed by atoms with Gasteiger partial charge in [-0.15, -0.1) is 0 Å². The number of hydrogen-bond donors (Lipinski definition) is 1. The highest BCUT2D eigenvalue weighted by atomic mass is 15.0. The Balaban J connectivity index is 0.000000220. The molecule has 0 saturated carbocycles. The van der Waals surface area contributed by atoms with Crippen LogP contribution in [0.2, 0.25) is 0 Å². The largest absolute Gasteiger partial charge is 0.343 e. The number of imidazole rings is 1. The summed E-state index contributed by atoms with van der Waals surface area (Å²) in [6, 6.07) is 17.2. The lowest BCUT2D eigenvalue weighted by Crippen LogP contribution is -1.85. The fourth-order valence-electron chi connectivity index (χ4n) is 1.91. The molecule has 5 heteroatoms. The van der Waals surface area contributed by atoms with Crippen LogP contribution in [0.3, 0.4) is 0 Å². The second-order valence-electron chi connectivity index (χ2n) is 4.59. The molecule has 0 aliphatic rings. The maximum atomic E-state index is 4.47. The SMILES string of the molecule is c1ccc(-c2c[nH]c(-c3ccccn3)n2)nc1.c1ccncc1. The van der Waals surface area contributed by atoms with E-state index in [1.54, 1.807) is 24.8 Å². The van der Waals surface area contributed by atoms with Crippen molar-refractivity contribution in [2.24, 2.45) is 0 Å². The normalized spacial score (nSPS) is 9.74. The van der Waals surface area contributed by atoms with E-state index in [1.807, 2.05) is 60.8 Å². The van der Waals surface area contributed by atoms with Crippen molar-refractivity contribution in [3.63, 3.8) is 0 Å². The number of pyridine rings is 3. The lowest BCUT2D eigenvalue weighted by Gasteiger charge is -1.94. The fraction of sp³-hybridized carbons (Fsp3) is 0. The van der Waals surface area contributed by atoms with E-state index in [4.69, 9.17) is 0 Å². The molecular weight excluding hydrogens is 286 g/mol. The average molecular weight is 301 g/mol. The van der Waals surface area contributed by atoms with E-state index in [9.17, 15) is 0 Å². The van der Waals surface area contributed by atoms with Crippen molar-refractivity contribution in [3.8, 4) is 22.9 Å². The molecule has 0 saturated heterocycles. The summed E-state index contributed by atoms with van der Waals surface area (Å²) >= 11 is 0. The highest BCUT2D eigenvalue weighted by Gasteiger charge is 2.06. The molecule has 23 heavy (non-hydrogen) atoms. The molecular formula is C18H15N5. The number of aromatic amines is 1. The molecule has 4 rings (SSSR count). The molecule has 0 bridgehead atoms. The van der Waals surface area contributed by atoms with Gasteiger partial charge in [0, 0.05) is 31.0 Å². The quantitative estimate of drug-likeness (QED) is 0.614. The van der Waals surface area contributed by atoms with E-state index in [1.165, 1.54) is 0 Å². The molecule has 0 radical (unpaired) electrons. The van der Waals surface area contributed by atoms with Gasteiger partial charge >= 0.3 is 0 Å². The predicted molar refractivity (Wildman–Crippen MR) is 89.3 cm³/mol. The van der Waals surface area contributed by atoms with E-state index < -0.39 is 0 Å². The number of rotatable bonds is 2. The first kappa shape index (κ1) is 14.6. The number of nitrogens with one attached hydrogen (secondary N) is 1. The Kier molecular flexibility index (Phi) is 4.83. The lowest BCUT2D eigenvalue weighted by molar-refractivity contribution is 1.22. The van der Waals surface area contributed by atoms with Crippen molar-refractivity contribution in [3.05, 3.63) is 85.6 Å².